The summed E-state index contributed by atoms with van der Waals surface area (Å²) in [4.78, 5) is 8.97. The van der Waals surface area contributed by atoms with Crippen LogP contribution in [0.25, 0.3) is 11.6 Å². The third-order valence-corrected chi connectivity index (χ3v) is 4.54. The standard InChI is InChI=1S/C13H18N4OS/c1-8-2-3-9(6-8)12-16-13(18-17-12)10-7-19-11(15-10)4-5-14/h7-9H,2-6,14H2,1H3. The second-order valence-electron chi connectivity index (χ2n) is 5.24. The number of rotatable bonds is 4. The van der Waals surface area contributed by atoms with Crippen molar-refractivity contribution in [3.63, 3.8) is 0 Å². The molecule has 6 heteroatoms. The summed E-state index contributed by atoms with van der Waals surface area (Å²) in [7, 11) is 0. The molecule has 5 nitrogen and oxygen atoms in total. The topological polar surface area (TPSA) is 77.8 Å². The van der Waals surface area contributed by atoms with Crippen LogP contribution in [-0.2, 0) is 6.42 Å². The summed E-state index contributed by atoms with van der Waals surface area (Å²) in [6, 6.07) is 0. The van der Waals surface area contributed by atoms with Crippen molar-refractivity contribution in [2.24, 2.45) is 11.7 Å². The first-order valence-electron chi connectivity index (χ1n) is 6.74. The van der Waals surface area contributed by atoms with Crippen LogP contribution in [0.1, 0.15) is 42.9 Å². The van der Waals surface area contributed by atoms with Crippen LogP contribution in [0.4, 0.5) is 0 Å². The van der Waals surface area contributed by atoms with Gasteiger partial charge < -0.3 is 10.3 Å². The Hall–Kier alpha value is -1.27. The van der Waals surface area contributed by atoms with E-state index in [1.165, 1.54) is 6.42 Å². The van der Waals surface area contributed by atoms with Crippen LogP contribution < -0.4 is 5.73 Å². The van der Waals surface area contributed by atoms with Crippen LogP contribution in [0, 0.1) is 5.92 Å². The van der Waals surface area contributed by atoms with Gasteiger partial charge in [-0.2, -0.15) is 4.98 Å². The summed E-state index contributed by atoms with van der Waals surface area (Å²) < 4.78 is 5.34. The fraction of sp³-hybridized carbons (Fsp3) is 0.615. The van der Waals surface area contributed by atoms with E-state index in [9.17, 15) is 0 Å². The zero-order valence-corrected chi connectivity index (χ0v) is 11.8. The van der Waals surface area contributed by atoms with Crippen molar-refractivity contribution < 1.29 is 4.52 Å². The van der Waals surface area contributed by atoms with Gasteiger partial charge in [0, 0.05) is 17.7 Å². The largest absolute Gasteiger partial charge is 0.332 e. The Morgan fingerprint density at radius 1 is 1.42 bits per heavy atom. The summed E-state index contributed by atoms with van der Waals surface area (Å²) >= 11 is 1.59. The molecule has 0 amide bonds. The molecule has 102 valence electrons. The molecule has 0 spiro atoms. The van der Waals surface area contributed by atoms with Crippen LogP contribution in [0.5, 0.6) is 0 Å². The average molecular weight is 278 g/mol. The predicted octanol–water partition coefficient (Wildman–Crippen LogP) is 2.60. The monoisotopic (exact) mass is 278 g/mol. The third-order valence-electron chi connectivity index (χ3n) is 3.63. The highest BCUT2D eigenvalue weighted by Crippen LogP contribution is 2.37. The first-order valence-corrected chi connectivity index (χ1v) is 7.62. The van der Waals surface area contributed by atoms with Gasteiger partial charge in [0.05, 0.1) is 5.01 Å². The van der Waals surface area contributed by atoms with Gasteiger partial charge in [-0.3, -0.25) is 0 Å². The molecule has 0 aliphatic heterocycles. The van der Waals surface area contributed by atoms with Gasteiger partial charge in [-0.15, -0.1) is 11.3 Å². The molecule has 2 aromatic rings. The van der Waals surface area contributed by atoms with E-state index in [4.69, 9.17) is 10.3 Å². The summed E-state index contributed by atoms with van der Waals surface area (Å²) in [5.74, 6) is 2.60. The quantitative estimate of drug-likeness (QED) is 0.930. The normalized spacial score (nSPS) is 23.1. The molecule has 1 aliphatic carbocycles. The maximum absolute atomic E-state index is 5.52. The van der Waals surface area contributed by atoms with E-state index in [2.05, 4.69) is 22.0 Å². The Bertz CT molecular complexity index is 550. The van der Waals surface area contributed by atoms with E-state index >= 15 is 0 Å². The van der Waals surface area contributed by atoms with Crippen molar-refractivity contribution in [1.82, 2.24) is 15.1 Å². The lowest BCUT2D eigenvalue weighted by molar-refractivity contribution is 0.414. The summed E-state index contributed by atoms with van der Waals surface area (Å²) in [5.41, 5.74) is 6.30. The molecule has 0 aromatic carbocycles. The van der Waals surface area contributed by atoms with Crippen molar-refractivity contribution in [3.05, 3.63) is 16.2 Å². The van der Waals surface area contributed by atoms with Gasteiger partial charge in [-0.05, 0) is 31.7 Å². The number of hydrogen-bond donors (Lipinski definition) is 1. The highest BCUT2D eigenvalue weighted by molar-refractivity contribution is 7.09. The van der Waals surface area contributed by atoms with Crippen molar-refractivity contribution in [2.45, 2.75) is 38.5 Å². The number of nitrogens with zero attached hydrogens (tertiary/aromatic N) is 3. The second-order valence-corrected chi connectivity index (χ2v) is 6.18. The van der Waals surface area contributed by atoms with E-state index in [1.54, 1.807) is 11.3 Å². The number of thiazole rings is 1. The average Bonchev–Trinajstić information content (AvgIpc) is 3.07. The fourth-order valence-electron chi connectivity index (χ4n) is 2.59. The first-order chi connectivity index (χ1) is 9.26. The Balaban J connectivity index is 1.76. The molecule has 1 saturated carbocycles. The van der Waals surface area contributed by atoms with Gasteiger partial charge in [0.25, 0.3) is 5.89 Å². The maximum atomic E-state index is 5.52. The minimum absolute atomic E-state index is 0.453. The SMILES string of the molecule is CC1CCC(c2noc(-c3csc(CCN)n3)n2)C1. The molecule has 1 aliphatic rings. The smallest absolute Gasteiger partial charge is 0.277 e. The van der Waals surface area contributed by atoms with Crippen molar-refractivity contribution in [2.75, 3.05) is 6.54 Å². The molecule has 2 aromatic heterocycles. The lowest BCUT2D eigenvalue weighted by Gasteiger charge is -2.01. The Labute approximate surface area is 116 Å². The molecule has 2 N–H and O–H groups in total. The van der Waals surface area contributed by atoms with E-state index in [1.807, 2.05) is 5.38 Å². The van der Waals surface area contributed by atoms with Gasteiger partial charge in [0.15, 0.2) is 5.82 Å². The van der Waals surface area contributed by atoms with Gasteiger partial charge >= 0.3 is 0 Å². The lowest BCUT2D eigenvalue weighted by atomic mass is 10.1. The molecule has 0 saturated heterocycles. The van der Waals surface area contributed by atoms with E-state index < -0.39 is 0 Å². The number of nitrogens with two attached hydrogens (primary N) is 1. The molecular formula is C13H18N4OS. The summed E-state index contributed by atoms with van der Waals surface area (Å²) in [5, 5.41) is 7.10. The number of hydrogen-bond acceptors (Lipinski definition) is 6. The van der Waals surface area contributed by atoms with Gasteiger partial charge in [0.2, 0.25) is 0 Å². The van der Waals surface area contributed by atoms with Crippen LogP contribution in [0.2, 0.25) is 0 Å². The lowest BCUT2D eigenvalue weighted by Crippen LogP contribution is -2.02. The summed E-state index contributed by atoms with van der Waals surface area (Å²) in [6.07, 6.45) is 4.38. The van der Waals surface area contributed by atoms with Gasteiger partial charge in [0.1, 0.15) is 5.69 Å². The predicted molar refractivity (Wildman–Crippen MR) is 73.9 cm³/mol. The molecule has 0 radical (unpaired) electrons. The van der Waals surface area contributed by atoms with E-state index in [0.29, 0.717) is 18.4 Å². The summed E-state index contributed by atoms with van der Waals surface area (Å²) in [6.45, 7) is 2.89. The Kier molecular flexibility index (Phi) is 3.61. The number of aromatic nitrogens is 3. The van der Waals surface area contributed by atoms with Crippen molar-refractivity contribution >= 4 is 11.3 Å². The van der Waals surface area contributed by atoms with Crippen molar-refractivity contribution in [1.29, 1.82) is 0 Å². The molecule has 19 heavy (non-hydrogen) atoms. The van der Waals surface area contributed by atoms with Crippen LogP contribution in [0.3, 0.4) is 0 Å². The Morgan fingerprint density at radius 3 is 3.05 bits per heavy atom. The van der Waals surface area contributed by atoms with Crippen LogP contribution in [0.15, 0.2) is 9.90 Å². The minimum atomic E-state index is 0.453. The van der Waals surface area contributed by atoms with Crippen molar-refractivity contribution in [3.8, 4) is 11.6 Å². The zero-order chi connectivity index (χ0) is 13.2. The molecule has 2 heterocycles. The molecule has 1 fully saturated rings. The first kappa shape index (κ1) is 12.7. The Morgan fingerprint density at radius 2 is 2.32 bits per heavy atom. The fourth-order valence-corrected chi connectivity index (χ4v) is 3.38. The highest BCUT2D eigenvalue weighted by Gasteiger charge is 2.27. The molecular weight excluding hydrogens is 260 g/mol. The van der Waals surface area contributed by atoms with E-state index in [-0.39, 0.29) is 0 Å². The third kappa shape index (κ3) is 2.69. The highest BCUT2D eigenvalue weighted by atomic mass is 32.1. The van der Waals surface area contributed by atoms with Gasteiger partial charge in [-0.25, -0.2) is 4.98 Å². The van der Waals surface area contributed by atoms with Gasteiger partial charge in [-0.1, -0.05) is 12.1 Å². The molecule has 2 unspecified atom stereocenters. The molecule has 0 bridgehead atoms. The zero-order valence-electron chi connectivity index (χ0n) is 11.0. The molecule has 2 atom stereocenters. The minimum Gasteiger partial charge on any atom is -0.332 e. The van der Waals surface area contributed by atoms with Crippen LogP contribution in [-0.4, -0.2) is 21.7 Å². The second kappa shape index (κ2) is 5.38. The maximum Gasteiger partial charge on any atom is 0.277 e. The molecule has 3 rings (SSSR count). The van der Waals surface area contributed by atoms with Crippen LogP contribution >= 0.6 is 11.3 Å². The van der Waals surface area contributed by atoms with E-state index in [0.717, 1.165) is 41.7 Å².